The molecular formula is C19H27N5. The van der Waals surface area contributed by atoms with Crippen LogP contribution in [0.3, 0.4) is 0 Å². The predicted molar refractivity (Wildman–Crippen MR) is 100 cm³/mol. The van der Waals surface area contributed by atoms with Crippen LogP contribution in [0.5, 0.6) is 0 Å². The number of piperazine rings is 1. The van der Waals surface area contributed by atoms with E-state index in [1.54, 1.807) is 0 Å². The van der Waals surface area contributed by atoms with Gasteiger partial charge in [0.1, 0.15) is 5.82 Å². The van der Waals surface area contributed by atoms with Gasteiger partial charge in [-0.1, -0.05) is 19.1 Å². The van der Waals surface area contributed by atoms with Crippen molar-refractivity contribution in [2.75, 3.05) is 49.1 Å². The number of benzene rings is 1. The maximum absolute atomic E-state index is 4.85. The molecule has 0 radical (unpaired) electrons. The van der Waals surface area contributed by atoms with E-state index >= 15 is 0 Å². The van der Waals surface area contributed by atoms with Gasteiger partial charge in [0, 0.05) is 44.6 Å². The van der Waals surface area contributed by atoms with Crippen molar-refractivity contribution in [2.24, 2.45) is 0 Å². The molecule has 0 saturated carbocycles. The van der Waals surface area contributed by atoms with Crippen molar-refractivity contribution in [1.29, 1.82) is 0 Å². The molecule has 1 aromatic carbocycles. The van der Waals surface area contributed by atoms with Gasteiger partial charge in [0.25, 0.3) is 0 Å². The Morgan fingerprint density at radius 1 is 1.08 bits per heavy atom. The van der Waals surface area contributed by atoms with Crippen LogP contribution in [0.4, 0.5) is 17.5 Å². The lowest BCUT2D eigenvalue weighted by Crippen LogP contribution is -2.46. The van der Waals surface area contributed by atoms with E-state index in [2.05, 4.69) is 64.7 Å². The fourth-order valence-corrected chi connectivity index (χ4v) is 3.18. The maximum atomic E-state index is 4.85. The van der Waals surface area contributed by atoms with Crippen molar-refractivity contribution in [2.45, 2.75) is 20.8 Å². The van der Waals surface area contributed by atoms with E-state index in [4.69, 9.17) is 4.98 Å². The van der Waals surface area contributed by atoms with Gasteiger partial charge in [-0.25, -0.2) is 4.98 Å². The average Bonchev–Trinajstić information content (AvgIpc) is 2.63. The Kier molecular flexibility index (Phi) is 5.30. The first-order valence-electron chi connectivity index (χ1n) is 8.85. The second-order valence-electron chi connectivity index (χ2n) is 6.22. The smallest absolute Gasteiger partial charge is 0.227 e. The third-order valence-electron chi connectivity index (χ3n) is 4.64. The zero-order chi connectivity index (χ0) is 16.9. The van der Waals surface area contributed by atoms with Crippen LogP contribution in [0.25, 0.3) is 0 Å². The fraction of sp³-hybridized carbons (Fsp3) is 0.474. The molecule has 0 bridgehead atoms. The molecule has 1 aliphatic rings. The van der Waals surface area contributed by atoms with E-state index in [1.807, 2.05) is 12.3 Å². The lowest BCUT2D eigenvalue weighted by atomic mass is 10.2. The van der Waals surface area contributed by atoms with Gasteiger partial charge in [-0.05, 0) is 44.2 Å². The Morgan fingerprint density at radius 3 is 2.54 bits per heavy atom. The lowest BCUT2D eigenvalue weighted by molar-refractivity contribution is 0.270. The summed E-state index contributed by atoms with van der Waals surface area (Å²) < 4.78 is 0. The molecule has 0 amide bonds. The Morgan fingerprint density at radius 2 is 1.88 bits per heavy atom. The van der Waals surface area contributed by atoms with E-state index in [9.17, 15) is 0 Å². The van der Waals surface area contributed by atoms with Crippen molar-refractivity contribution in [3.05, 3.63) is 42.1 Å². The highest BCUT2D eigenvalue weighted by Crippen LogP contribution is 2.25. The minimum absolute atomic E-state index is 0.842. The molecule has 1 aliphatic heterocycles. The number of anilines is 3. The zero-order valence-electron chi connectivity index (χ0n) is 14.9. The van der Waals surface area contributed by atoms with Crippen molar-refractivity contribution in [1.82, 2.24) is 14.9 Å². The standard InChI is InChI=1S/C19H27N5/c1-4-22-11-13-23(14-12-22)19-20-10-9-18(21-19)24(5-2)17-8-6-7-16(3)15-17/h6-10,15H,4-5,11-14H2,1-3H3. The van der Waals surface area contributed by atoms with Crippen LogP contribution in [0.2, 0.25) is 0 Å². The van der Waals surface area contributed by atoms with Gasteiger partial charge in [0.05, 0.1) is 0 Å². The Bertz CT molecular complexity index is 664. The summed E-state index contributed by atoms with van der Waals surface area (Å²) in [4.78, 5) is 16.3. The van der Waals surface area contributed by atoms with Crippen molar-refractivity contribution < 1.29 is 0 Å². The summed E-state index contributed by atoms with van der Waals surface area (Å²) in [5, 5.41) is 0. The number of hydrogen-bond donors (Lipinski definition) is 0. The fourth-order valence-electron chi connectivity index (χ4n) is 3.18. The second-order valence-corrected chi connectivity index (χ2v) is 6.22. The van der Waals surface area contributed by atoms with Crippen LogP contribution in [0.15, 0.2) is 36.5 Å². The molecule has 0 unspecified atom stereocenters. The molecule has 1 aromatic heterocycles. The second kappa shape index (κ2) is 7.62. The number of nitrogens with zero attached hydrogens (tertiary/aromatic N) is 5. The SMILES string of the molecule is CCN1CCN(c2nccc(N(CC)c3cccc(C)c3)n2)CC1. The number of hydrogen-bond acceptors (Lipinski definition) is 5. The number of aryl methyl sites for hydroxylation is 1. The van der Waals surface area contributed by atoms with Gasteiger partial charge in [0.2, 0.25) is 5.95 Å². The molecule has 0 N–H and O–H groups in total. The van der Waals surface area contributed by atoms with Crippen LogP contribution in [-0.4, -0.2) is 54.1 Å². The molecule has 128 valence electrons. The quantitative estimate of drug-likeness (QED) is 0.844. The van der Waals surface area contributed by atoms with Crippen LogP contribution in [0, 0.1) is 6.92 Å². The molecule has 1 saturated heterocycles. The Labute approximate surface area is 144 Å². The summed E-state index contributed by atoms with van der Waals surface area (Å²) in [6, 6.07) is 10.6. The van der Waals surface area contributed by atoms with Gasteiger partial charge in [0.15, 0.2) is 0 Å². The molecule has 5 nitrogen and oxygen atoms in total. The molecule has 3 rings (SSSR count). The third kappa shape index (κ3) is 3.67. The Balaban J connectivity index is 1.81. The predicted octanol–water partition coefficient (Wildman–Crippen LogP) is 3.08. The summed E-state index contributed by atoms with van der Waals surface area (Å²) in [5.74, 6) is 1.81. The first-order chi connectivity index (χ1) is 11.7. The normalized spacial score (nSPS) is 15.5. The molecule has 2 aromatic rings. The number of rotatable bonds is 5. The van der Waals surface area contributed by atoms with Crippen LogP contribution in [-0.2, 0) is 0 Å². The zero-order valence-corrected chi connectivity index (χ0v) is 14.9. The first-order valence-corrected chi connectivity index (χ1v) is 8.85. The van der Waals surface area contributed by atoms with Crippen molar-refractivity contribution in [3.8, 4) is 0 Å². The molecule has 0 spiro atoms. The highest BCUT2D eigenvalue weighted by molar-refractivity contribution is 5.61. The van der Waals surface area contributed by atoms with E-state index in [0.717, 1.165) is 51.0 Å². The van der Waals surface area contributed by atoms with Crippen molar-refractivity contribution in [3.63, 3.8) is 0 Å². The van der Waals surface area contributed by atoms with Gasteiger partial charge in [-0.3, -0.25) is 0 Å². The van der Waals surface area contributed by atoms with Gasteiger partial charge in [-0.2, -0.15) is 4.98 Å². The molecule has 0 aliphatic carbocycles. The minimum Gasteiger partial charge on any atom is -0.338 e. The van der Waals surface area contributed by atoms with E-state index < -0.39 is 0 Å². The van der Waals surface area contributed by atoms with Gasteiger partial charge < -0.3 is 14.7 Å². The number of likely N-dealkylation sites (N-methyl/N-ethyl adjacent to an activating group) is 1. The summed E-state index contributed by atoms with van der Waals surface area (Å²) in [6.07, 6.45) is 1.88. The van der Waals surface area contributed by atoms with Gasteiger partial charge >= 0.3 is 0 Å². The van der Waals surface area contributed by atoms with E-state index in [1.165, 1.54) is 11.3 Å². The highest BCUT2D eigenvalue weighted by atomic mass is 15.3. The molecule has 0 atom stereocenters. The largest absolute Gasteiger partial charge is 0.338 e. The first kappa shape index (κ1) is 16.7. The topological polar surface area (TPSA) is 35.5 Å². The van der Waals surface area contributed by atoms with Crippen LogP contribution >= 0.6 is 0 Å². The summed E-state index contributed by atoms with van der Waals surface area (Å²) in [6.45, 7) is 12.6. The van der Waals surface area contributed by atoms with Crippen LogP contribution in [0.1, 0.15) is 19.4 Å². The average molecular weight is 325 g/mol. The van der Waals surface area contributed by atoms with Gasteiger partial charge in [-0.15, -0.1) is 0 Å². The monoisotopic (exact) mass is 325 g/mol. The molecular weight excluding hydrogens is 298 g/mol. The minimum atomic E-state index is 0.842. The van der Waals surface area contributed by atoms with E-state index in [0.29, 0.717) is 0 Å². The van der Waals surface area contributed by atoms with Crippen molar-refractivity contribution >= 4 is 17.5 Å². The highest BCUT2D eigenvalue weighted by Gasteiger charge is 2.19. The van der Waals surface area contributed by atoms with Crippen LogP contribution < -0.4 is 9.80 Å². The Hall–Kier alpha value is -2.14. The lowest BCUT2D eigenvalue weighted by Gasteiger charge is -2.34. The number of aromatic nitrogens is 2. The molecule has 1 fully saturated rings. The summed E-state index contributed by atoms with van der Waals surface area (Å²) >= 11 is 0. The molecule has 2 heterocycles. The third-order valence-corrected chi connectivity index (χ3v) is 4.64. The summed E-state index contributed by atoms with van der Waals surface area (Å²) in [5.41, 5.74) is 2.44. The summed E-state index contributed by atoms with van der Waals surface area (Å²) in [7, 11) is 0. The molecule has 24 heavy (non-hydrogen) atoms. The maximum Gasteiger partial charge on any atom is 0.227 e. The van der Waals surface area contributed by atoms with E-state index in [-0.39, 0.29) is 0 Å². The molecule has 5 heteroatoms.